The van der Waals surface area contributed by atoms with Gasteiger partial charge in [0.25, 0.3) is 0 Å². The van der Waals surface area contributed by atoms with Crippen LogP contribution in [0.15, 0.2) is 10.4 Å². The van der Waals surface area contributed by atoms with E-state index < -0.39 is 11.9 Å². The molecular formula is C15H22F3N5OS. The number of guanidine groups is 1. The first kappa shape index (κ1) is 19.5. The van der Waals surface area contributed by atoms with E-state index in [2.05, 4.69) is 20.6 Å². The second-order valence-corrected chi connectivity index (χ2v) is 6.53. The van der Waals surface area contributed by atoms with E-state index in [0.717, 1.165) is 36.1 Å². The van der Waals surface area contributed by atoms with Gasteiger partial charge in [-0.15, -0.1) is 11.3 Å². The minimum absolute atomic E-state index is 0.0840. The average molecular weight is 377 g/mol. The fourth-order valence-corrected chi connectivity index (χ4v) is 3.14. The number of aromatic nitrogens is 1. The zero-order chi connectivity index (χ0) is 18.3. The number of rotatable bonds is 7. The number of carbonyl (C=O) groups excluding carboxylic acids is 1. The summed E-state index contributed by atoms with van der Waals surface area (Å²) in [5.41, 5.74) is -0.879. The summed E-state index contributed by atoms with van der Waals surface area (Å²) in [5.74, 6) is 0.726. The Morgan fingerprint density at radius 2 is 2.24 bits per heavy atom. The predicted molar refractivity (Wildman–Crippen MR) is 90.4 cm³/mol. The maximum atomic E-state index is 12.5. The number of amides is 1. The molecule has 0 aliphatic carbocycles. The molecule has 1 saturated heterocycles. The molecule has 2 N–H and O–H groups in total. The van der Waals surface area contributed by atoms with Crippen LogP contribution in [0.2, 0.25) is 0 Å². The molecule has 0 radical (unpaired) electrons. The molecule has 1 aliphatic rings. The lowest BCUT2D eigenvalue weighted by Gasteiger charge is -2.16. The number of halogens is 3. The van der Waals surface area contributed by atoms with Gasteiger partial charge in [-0.3, -0.25) is 4.79 Å². The number of nitrogens with one attached hydrogen (secondary N) is 2. The van der Waals surface area contributed by atoms with Crippen LogP contribution >= 0.6 is 11.3 Å². The number of alkyl halides is 3. The first-order chi connectivity index (χ1) is 11.9. The van der Waals surface area contributed by atoms with Crippen LogP contribution < -0.4 is 10.6 Å². The third kappa shape index (κ3) is 6.18. The van der Waals surface area contributed by atoms with Gasteiger partial charge >= 0.3 is 6.18 Å². The van der Waals surface area contributed by atoms with Gasteiger partial charge in [0.1, 0.15) is 5.01 Å². The van der Waals surface area contributed by atoms with Crippen molar-refractivity contribution in [2.45, 2.75) is 38.9 Å². The fraction of sp³-hybridized carbons (Fsp3) is 0.667. The van der Waals surface area contributed by atoms with Crippen LogP contribution in [0.5, 0.6) is 0 Å². The van der Waals surface area contributed by atoms with E-state index in [4.69, 9.17) is 0 Å². The second-order valence-electron chi connectivity index (χ2n) is 5.58. The molecule has 1 aliphatic heterocycles. The molecule has 0 saturated carbocycles. The number of nitrogens with zero attached hydrogens (tertiary/aromatic N) is 3. The van der Waals surface area contributed by atoms with Crippen LogP contribution in [0.1, 0.15) is 36.9 Å². The Kier molecular flexibility index (Phi) is 7.03. The molecule has 2 rings (SSSR count). The molecular weight excluding hydrogens is 355 g/mol. The third-order valence-electron chi connectivity index (χ3n) is 3.63. The van der Waals surface area contributed by atoms with E-state index in [-0.39, 0.29) is 12.5 Å². The topological polar surface area (TPSA) is 69.6 Å². The molecule has 0 aromatic carbocycles. The zero-order valence-corrected chi connectivity index (χ0v) is 14.8. The zero-order valence-electron chi connectivity index (χ0n) is 14.0. The second kappa shape index (κ2) is 9.02. The average Bonchev–Trinajstić information content (AvgIpc) is 3.18. The van der Waals surface area contributed by atoms with Crippen molar-refractivity contribution in [1.82, 2.24) is 20.5 Å². The SMILES string of the molecule is CCNC(=NCc1nc(C(F)(F)F)cs1)NCCCN1CCCC1=O. The summed E-state index contributed by atoms with van der Waals surface area (Å²) in [7, 11) is 0. The number of hydrogen-bond donors (Lipinski definition) is 2. The molecule has 1 aromatic heterocycles. The van der Waals surface area contributed by atoms with Crippen LogP contribution in [0.4, 0.5) is 13.2 Å². The Morgan fingerprint density at radius 1 is 1.44 bits per heavy atom. The molecule has 25 heavy (non-hydrogen) atoms. The van der Waals surface area contributed by atoms with Gasteiger partial charge in [-0.1, -0.05) is 0 Å². The monoisotopic (exact) mass is 377 g/mol. The van der Waals surface area contributed by atoms with Gasteiger partial charge in [0.05, 0.1) is 6.54 Å². The highest BCUT2D eigenvalue weighted by Gasteiger charge is 2.33. The number of likely N-dealkylation sites (tertiary alicyclic amines) is 1. The summed E-state index contributed by atoms with van der Waals surface area (Å²) in [6, 6.07) is 0. The summed E-state index contributed by atoms with van der Waals surface area (Å²) in [6.07, 6.45) is -2.09. The van der Waals surface area contributed by atoms with Crippen molar-refractivity contribution in [1.29, 1.82) is 0 Å². The van der Waals surface area contributed by atoms with Gasteiger partial charge in [0.15, 0.2) is 11.7 Å². The van der Waals surface area contributed by atoms with Crippen molar-refractivity contribution in [2.24, 2.45) is 4.99 Å². The Balaban J connectivity index is 1.79. The molecule has 0 unspecified atom stereocenters. The van der Waals surface area contributed by atoms with Crippen molar-refractivity contribution in [2.75, 3.05) is 26.2 Å². The molecule has 140 valence electrons. The summed E-state index contributed by atoms with van der Waals surface area (Å²) < 4.78 is 37.6. The van der Waals surface area contributed by atoms with Crippen LogP contribution in [-0.2, 0) is 17.5 Å². The van der Waals surface area contributed by atoms with E-state index in [0.29, 0.717) is 37.0 Å². The molecule has 10 heteroatoms. The fourth-order valence-electron chi connectivity index (χ4n) is 2.42. The predicted octanol–water partition coefficient (Wildman–Crippen LogP) is 2.23. The molecule has 1 fully saturated rings. The van der Waals surface area contributed by atoms with Crippen molar-refractivity contribution in [3.8, 4) is 0 Å². The van der Waals surface area contributed by atoms with Gasteiger partial charge in [0.2, 0.25) is 5.91 Å². The quantitative estimate of drug-likeness (QED) is 0.434. The lowest BCUT2D eigenvalue weighted by Crippen LogP contribution is -2.39. The molecule has 0 atom stereocenters. The van der Waals surface area contributed by atoms with Crippen molar-refractivity contribution < 1.29 is 18.0 Å². The summed E-state index contributed by atoms with van der Waals surface area (Å²) in [4.78, 5) is 21.2. The van der Waals surface area contributed by atoms with Crippen LogP contribution in [0.3, 0.4) is 0 Å². The van der Waals surface area contributed by atoms with Crippen molar-refractivity contribution in [3.63, 3.8) is 0 Å². The summed E-state index contributed by atoms with van der Waals surface area (Å²) in [6.45, 7) is 4.78. The number of aliphatic imine (C=N–C) groups is 1. The normalized spacial score (nSPS) is 15.8. The first-order valence-electron chi connectivity index (χ1n) is 8.21. The number of hydrogen-bond acceptors (Lipinski definition) is 4. The van der Waals surface area contributed by atoms with E-state index in [1.165, 1.54) is 0 Å². The minimum atomic E-state index is -4.42. The Morgan fingerprint density at radius 3 is 2.84 bits per heavy atom. The highest BCUT2D eigenvalue weighted by molar-refractivity contribution is 7.09. The molecule has 1 amide bonds. The maximum absolute atomic E-state index is 12.5. The molecule has 0 bridgehead atoms. The lowest BCUT2D eigenvalue weighted by atomic mass is 10.4. The Labute approximate surface area is 148 Å². The van der Waals surface area contributed by atoms with Gasteiger partial charge in [0, 0.05) is 38.0 Å². The number of carbonyl (C=O) groups is 1. The van der Waals surface area contributed by atoms with E-state index >= 15 is 0 Å². The van der Waals surface area contributed by atoms with E-state index in [9.17, 15) is 18.0 Å². The Hall–Kier alpha value is -1.84. The molecule has 0 spiro atoms. The maximum Gasteiger partial charge on any atom is 0.434 e. The van der Waals surface area contributed by atoms with Crippen LogP contribution in [0, 0.1) is 0 Å². The first-order valence-corrected chi connectivity index (χ1v) is 9.09. The smallest absolute Gasteiger partial charge is 0.357 e. The van der Waals surface area contributed by atoms with Gasteiger partial charge in [-0.05, 0) is 19.8 Å². The van der Waals surface area contributed by atoms with Gasteiger partial charge < -0.3 is 15.5 Å². The van der Waals surface area contributed by atoms with Gasteiger partial charge in [-0.25, -0.2) is 9.98 Å². The largest absolute Gasteiger partial charge is 0.434 e. The molecule has 6 nitrogen and oxygen atoms in total. The van der Waals surface area contributed by atoms with Crippen LogP contribution in [-0.4, -0.2) is 47.9 Å². The lowest BCUT2D eigenvalue weighted by molar-refractivity contribution is -0.140. The number of thiazole rings is 1. The highest BCUT2D eigenvalue weighted by atomic mass is 32.1. The Bertz CT molecular complexity index is 602. The molecule has 1 aromatic rings. The van der Waals surface area contributed by atoms with Crippen LogP contribution in [0.25, 0.3) is 0 Å². The minimum Gasteiger partial charge on any atom is -0.357 e. The van der Waals surface area contributed by atoms with Crippen molar-refractivity contribution >= 4 is 23.2 Å². The third-order valence-corrected chi connectivity index (χ3v) is 4.46. The van der Waals surface area contributed by atoms with E-state index in [1.54, 1.807) is 0 Å². The van der Waals surface area contributed by atoms with E-state index in [1.807, 2.05) is 11.8 Å². The summed E-state index contributed by atoms with van der Waals surface area (Å²) >= 11 is 0.944. The van der Waals surface area contributed by atoms with Crippen molar-refractivity contribution in [3.05, 3.63) is 16.1 Å². The summed E-state index contributed by atoms with van der Waals surface area (Å²) in [5, 5.41) is 7.47. The highest BCUT2D eigenvalue weighted by Crippen LogP contribution is 2.30. The standard InChI is InChI=1S/C15H22F3N5OS/c1-2-19-14(20-6-4-8-23-7-3-5-13(23)24)21-9-12-22-11(10-25-12)15(16,17)18/h10H,2-9H2,1H3,(H2,19,20,21). The van der Waals surface area contributed by atoms with Gasteiger partial charge in [-0.2, -0.15) is 13.2 Å². The molecule has 2 heterocycles.